The van der Waals surface area contributed by atoms with E-state index in [0.29, 0.717) is 23.1 Å². The fraction of sp³-hybridized carbons (Fsp3) is 0.269. The molecule has 1 heterocycles. The van der Waals surface area contributed by atoms with Gasteiger partial charge < -0.3 is 14.8 Å². The van der Waals surface area contributed by atoms with Crippen LogP contribution < -0.4 is 20.1 Å². The Hall–Kier alpha value is -3.90. The number of sulfonamides is 1. The quantitative estimate of drug-likeness (QED) is 0.390. The van der Waals surface area contributed by atoms with Crippen LogP contribution in [0.2, 0.25) is 0 Å². The Labute approximate surface area is 224 Å². The average molecular weight is 558 g/mol. The smallest absolute Gasteiger partial charge is 0.413 e. The van der Waals surface area contributed by atoms with Crippen molar-refractivity contribution in [1.29, 1.82) is 0 Å². The number of methoxy groups -OCH3 is 2. The number of rotatable bonds is 7. The number of hydrogen-bond donors (Lipinski definition) is 3. The minimum Gasteiger partial charge on any atom is -0.497 e. The highest BCUT2D eigenvalue weighted by molar-refractivity contribution is 7.92. The largest absolute Gasteiger partial charge is 0.497 e. The maximum atomic E-state index is 13.2. The van der Waals surface area contributed by atoms with Gasteiger partial charge in [0.05, 0.1) is 24.7 Å². The lowest BCUT2D eigenvalue weighted by Gasteiger charge is -2.18. The Morgan fingerprint density at radius 1 is 1.03 bits per heavy atom. The van der Waals surface area contributed by atoms with Crippen molar-refractivity contribution in [1.82, 2.24) is 5.32 Å². The Morgan fingerprint density at radius 3 is 2.45 bits per heavy atom. The van der Waals surface area contributed by atoms with Crippen molar-refractivity contribution < 1.29 is 32.3 Å². The second kappa shape index (κ2) is 11.2. The number of benzene rings is 2. The van der Waals surface area contributed by atoms with Gasteiger partial charge in [-0.2, -0.15) is 0 Å². The van der Waals surface area contributed by atoms with E-state index in [1.807, 2.05) is 0 Å². The van der Waals surface area contributed by atoms with Gasteiger partial charge in [0.2, 0.25) is 0 Å². The van der Waals surface area contributed by atoms with Crippen LogP contribution in [-0.4, -0.2) is 40.5 Å². The molecular weight excluding hydrogens is 530 g/mol. The number of amides is 3. The SMILES string of the molecule is COC(=O)NC(=O)c1c(NC(=O)c2cccc(NS(=O)(=O)c3ccc(OC)cc3)c2)sc2c1CCC(C)C2. The van der Waals surface area contributed by atoms with Crippen molar-refractivity contribution in [3.05, 3.63) is 70.1 Å². The van der Waals surface area contributed by atoms with Crippen LogP contribution in [0.5, 0.6) is 5.75 Å². The summed E-state index contributed by atoms with van der Waals surface area (Å²) in [5, 5.41) is 5.28. The van der Waals surface area contributed by atoms with E-state index in [-0.39, 0.29) is 21.7 Å². The van der Waals surface area contributed by atoms with Crippen LogP contribution >= 0.6 is 11.3 Å². The van der Waals surface area contributed by atoms with Crippen LogP contribution in [0.4, 0.5) is 15.5 Å². The molecule has 200 valence electrons. The molecule has 1 aliphatic carbocycles. The number of anilines is 2. The van der Waals surface area contributed by atoms with E-state index in [0.717, 1.165) is 30.4 Å². The second-order valence-electron chi connectivity index (χ2n) is 8.82. The van der Waals surface area contributed by atoms with Crippen LogP contribution in [0.3, 0.4) is 0 Å². The molecule has 4 rings (SSSR count). The second-order valence-corrected chi connectivity index (χ2v) is 11.6. The fourth-order valence-corrected chi connectivity index (χ4v) is 6.61. The molecule has 0 saturated carbocycles. The van der Waals surface area contributed by atoms with Gasteiger partial charge in [0.25, 0.3) is 21.8 Å². The molecule has 0 fully saturated rings. The number of ether oxygens (including phenoxy) is 2. The Kier molecular flexibility index (Phi) is 8.02. The summed E-state index contributed by atoms with van der Waals surface area (Å²) in [6, 6.07) is 11.9. The number of fused-ring (bicyclic) bond motifs is 1. The molecule has 1 atom stereocenters. The highest BCUT2D eigenvalue weighted by atomic mass is 32.2. The standard InChI is InChI=1S/C26H27N3O7S2/c1-15-7-12-20-21(13-15)37-25(22(20)24(31)28-26(32)36-3)27-23(30)16-5-4-6-17(14-16)29-38(33,34)19-10-8-18(35-2)9-11-19/h4-6,8-11,14-15,29H,7,12-13H2,1-3H3,(H,27,30)(H,28,31,32). The van der Waals surface area contributed by atoms with Crippen molar-refractivity contribution in [3.8, 4) is 5.75 Å². The van der Waals surface area contributed by atoms with E-state index < -0.39 is 27.9 Å². The molecule has 1 aromatic heterocycles. The Bertz CT molecular complexity index is 1480. The first-order valence-electron chi connectivity index (χ1n) is 11.7. The molecule has 0 saturated heterocycles. The molecule has 0 bridgehead atoms. The molecular formula is C26H27N3O7S2. The Balaban J connectivity index is 1.57. The molecule has 10 nitrogen and oxygen atoms in total. The first-order chi connectivity index (χ1) is 18.1. The minimum absolute atomic E-state index is 0.0350. The molecule has 2 aromatic carbocycles. The zero-order chi connectivity index (χ0) is 27.4. The van der Waals surface area contributed by atoms with Crippen LogP contribution in [0.15, 0.2) is 53.4 Å². The number of alkyl carbamates (subject to hydrolysis) is 1. The zero-order valence-electron chi connectivity index (χ0n) is 21.0. The van der Waals surface area contributed by atoms with E-state index in [9.17, 15) is 22.8 Å². The van der Waals surface area contributed by atoms with Crippen LogP contribution in [-0.2, 0) is 27.6 Å². The molecule has 0 radical (unpaired) electrons. The summed E-state index contributed by atoms with van der Waals surface area (Å²) in [7, 11) is -1.27. The fourth-order valence-electron chi connectivity index (χ4n) is 4.15. The van der Waals surface area contributed by atoms with Gasteiger partial charge in [-0.25, -0.2) is 13.2 Å². The lowest BCUT2D eigenvalue weighted by Crippen LogP contribution is -2.31. The van der Waals surface area contributed by atoms with Gasteiger partial charge in [-0.3, -0.25) is 19.6 Å². The van der Waals surface area contributed by atoms with Crippen LogP contribution in [0.25, 0.3) is 0 Å². The zero-order valence-corrected chi connectivity index (χ0v) is 22.6. The number of nitrogens with one attached hydrogen (secondary N) is 3. The monoisotopic (exact) mass is 557 g/mol. The summed E-state index contributed by atoms with van der Waals surface area (Å²) in [5.41, 5.74) is 1.42. The summed E-state index contributed by atoms with van der Waals surface area (Å²) >= 11 is 1.30. The number of carbonyl (C=O) groups is 3. The van der Waals surface area contributed by atoms with Gasteiger partial charge in [0, 0.05) is 16.1 Å². The number of hydrogen-bond acceptors (Lipinski definition) is 8. The third-order valence-electron chi connectivity index (χ3n) is 6.11. The van der Waals surface area contributed by atoms with Gasteiger partial charge in [-0.15, -0.1) is 11.3 Å². The molecule has 0 spiro atoms. The maximum Gasteiger partial charge on any atom is 0.413 e. The van der Waals surface area contributed by atoms with E-state index in [4.69, 9.17) is 4.74 Å². The van der Waals surface area contributed by atoms with Crippen molar-refractivity contribution in [2.24, 2.45) is 5.92 Å². The number of imide groups is 1. The topological polar surface area (TPSA) is 140 Å². The highest BCUT2D eigenvalue weighted by Gasteiger charge is 2.29. The summed E-state index contributed by atoms with van der Waals surface area (Å²) in [6.07, 6.45) is 1.39. The van der Waals surface area contributed by atoms with Gasteiger partial charge in [-0.05, 0) is 73.2 Å². The third kappa shape index (κ3) is 5.97. The van der Waals surface area contributed by atoms with E-state index >= 15 is 0 Å². The summed E-state index contributed by atoms with van der Waals surface area (Å²) in [4.78, 5) is 38.8. The Morgan fingerprint density at radius 2 is 1.76 bits per heavy atom. The van der Waals surface area contributed by atoms with Gasteiger partial charge in [-0.1, -0.05) is 13.0 Å². The first kappa shape index (κ1) is 27.1. The van der Waals surface area contributed by atoms with Gasteiger partial charge >= 0.3 is 6.09 Å². The molecule has 3 aromatic rings. The van der Waals surface area contributed by atoms with Crippen LogP contribution in [0, 0.1) is 5.92 Å². The molecule has 3 N–H and O–H groups in total. The molecule has 3 amide bonds. The number of carbonyl (C=O) groups excluding carboxylic acids is 3. The molecule has 0 aliphatic heterocycles. The molecule has 1 aliphatic rings. The highest BCUT2D eigenvalue weighted by Crippen LogP contribution is 2.40. The predicted molar refractivity (Wildman–Crippen MR) is 144 cm³/mol. The van der Waals surface area contributed by atoms with E-state index in [1.165, 1.54) is 60.9 Å². The van der Waals surface area contributed by atoms with Crippen LogP contribution in [0.1, 0.15) is 44.5 Å². The summed E-state index contributed by atoms with van der Waals surface area (Å²) in [5.74, 6) is -0.238. The minimum atomic E-state index is -3.91. The third-order valence-corrected chi connectivity index (χ3v) is 8.68. The first-order valence-corrected chi connectivity index (χ1v) is 14.0. The molecule has 1 unspecified atom stereocenters. The van der Waals surface area contributed by atoms with Crippen molar-refractivity contribution in [2.45, 2.75) is 31.1 Å². The van der Waals surface area contributed by atoms with E-state index in [2.05, 4.69) is 27.0 Å². The van der Waals surface area contributed by atoms with Crippen molar-refractivity contribution >= 4 is 50.0 Å². The normalized spacial score (nSPS) is 14.7. The van der Waals surface area contributed by atoms with E-state index in [1.54, 1.807) is 6.07 Å². The van der Waals surface area contributed by atoms with Crippen molar-refractivity contribution in [2.75, 3.05) is 24.3 Å². The average Bonchev–Trinajstić information content (AvgIpc) is 3.25. The van der Waals surface area contributed by atoms with Crippen molar-refractivity contribution in [3.63, 3.8) is 0 Å². The molecule has 12 heteroatoms. The summed E-state index contributed by atoms with van der Waals surface area (Å²) in [6.45, 7) is 2.12. The van der Waals surface area contributed by atoms with Gasteiger partial charge in [0.15, 0.2) is 0 Å². The van der Waals surface area contributed by atoms with Gasteiger partial charge in [0.1, 0.15) is 10.8 Å². The summed E-state index contributed by atoms with van der Waals surface area (Å²) < 4.78 is 37.7. The predicted octanol–water partition coefficient (Wildman–Crippen LogP) is 4.43. The lowest BCUT2D eigenvalue weighted by molar-refractivity contribution is 0.0936. The lowest BCUT2D eigenvalue weighted by atomic mass is 9.88. The molecule has 38 heavy (non-hydrogen) atoms. The maximum absolute atomic E-state index is 13.2. The number of thiophene rings is 1.